The lowest BCUT2D eigenvalue weighted by atomic mass is 9.84. The smallest absolute Gasteiger partial charge is 0.345 e. The van der Waals surface area contributed by atoms with Crippen molar-refractivity contribution in [3.63, 3.8) is 0 Å². The first-order chi connectivity index (χ1) is 64.1. The van der Waals surface area contributed by atoms with Gasteiger partial charge in [-0.15, -0.1) is 0 Å². The lowest BCUT2D eigenvalue weighted by molar-refractivity contribution is 0.0738. The number of carbonyl (C=O) groups excluding carboxylic acids is 1. The molecule has 0 atom stereocenters. The van der Waals surface area contributed by atoms with Gasteiger partial charge in [0.2, 0.25) is 29.4 Å². The highest BCUT2D eigenvalue weighted by atomic mass is 16.5. The molecule has 0 saturated heterocycles. The van der Waals surface area contributed by atoms with Gasteiger partial charge in [0.15, 0.2) is 23.0 Å². The number of esters is 1. The zero-order chi connectivity index (χ0) is 95.9. The average Bonchev–Trinajstić information content (AvgIpc) is 1.62. The first kappa shape index (κ1) is 93.0. The van der Waals surface area contributed by atoms with Crippen LogP contribution < -0.4 is 38.7 Å². The van der Waals surface area contributed by atoms with Crippen LogP contribution in [0.2, 0.25) is 0 Å². The van der Waals surface area contributed by atoms with E-state index >= 15 is 0 Å². The van der Waals surface area contributed by atoms with Crippen molar-refractivity contribution in [1.29, 1.82) is 0 Å². The minimum atomic E-state index is -0.373. The molecule has 0 fully saturated rings. The van der Waals surface area contributed by atoms with Gasteiger partial charge in [0, 0.05) is 28.8 Å². The molecule has 21 rings (SSSR count). The quantitative estimate of drug-likeness (QED) is 0.152. The first-order valence-corrected chi connectivity index (χ1v) is 47.6. The van der Waals surface area contributed by atoms with E-state index in [-0.39, 0.29) is 27.6 Å². The van der Waals surface area contributed by atoms with E-state index in [0.29, 0.717) is 29.6 Å². The van der Waals surface area contributed by atoms with E-state index in [4.69, 9.17) is 36.3 Å². The lowest BCUT2D eigenvalue weighted by Crippen LogP contribution is -2.19. The van der Waals surface area contributed by atoms with Crippen LogP contribution in [0.3, 0.4) is 0 Å². The number of anilines is 15. The van der Waals surface area contributed by atoms with Crippen LogP contribution in [0, 0.1) is 96.9 Å². The highest BCUT2D eigenvalue weighted by molar-refractivity contribution is 6.03. The molecule has 0 N–H and O–H groups in total. The van der Waals surface area contributed by atoms with E-state index in [9.17, 15) is 4.79 Å². The number of nitrogens with zero attached hydrogens (tertiary/aromatic N) is 5. The maximum atomic E-state index is 12.7. The molecular weight excluding hydrogens is 1670 g/mol. The Labute approximate surface area is 798 Å². The standard InChI is InChI=1S/C26H31NO.C25H29NO.C24H25NO3.C24H27NO2.C22H17NO2/c1-17-14-22(26(4,5)6)15-18(2)24(17)27-23-13-8-7-10-20(23)11-9-12-21-16-19(3)28-25(21)27;1-16-13-21(25(4,5)6)14-17(2)23(16)26-22-10-8-7-9-19(22)11-12-20-15-18(3)27-24(20)26;1-14-11-17(24(4,5)6)12-15(2)21(14)25-19-10-8-7-9-18(19)23(26)28-20-13-16(3)27-22(20)25;1-15-11-19(24(4,5)6)12-16(2)22(15)25-20-10-8-7-9-18(20)14-26-21-13-17(3)27-23(21)25;1-14-11-12-19-16(13-14)21-22(25-19)23(17-8-4-3-7-15(17)2)18-9-5-6-10-20(18)24-21/h7-8,10,13-16H,9,11-12H2,1-6H3;7-10,13-15H,11-12H2,1-6H3;7-13H,1-6H3;7-13H,14H2,1-6H3;3-13H,1-2H3. The second kappa shape index (κ2) is 36.5. The van der Waals surface area contributed by atoms with Gasteiger partial charge in [-0.25, -0.2) is 4.79 Å². The Balaban J connectivity index is 0.000000117. The maximum absolute atomic E-state index is 12.7. The number of furan rings is 5. The topological polar surface area (TPSA) is 127 Å². The van der Waals surface area contributed by atoms with Crippen molar-refractivity contribution < 1.29 is 41.1 Å². The second-order valence-electron chi connectivity index (χ2n) is 41.5. The zero-order valence-electron chi connectivity index (χ0n) is 83.7. The minimum Gasteiger partial charge on any atom is -0.483 e. The summed E-state index contributed by atoms with van der Waals surface area (Å²) in [5.74, 6) is 9.97. The number of hydrogen-bond donors (Lipinski definition) is 0. The van der Waals surface area contributed by atoms with Gasteiger partial charge in [-0.2, -0.15) is 0 Å². The van der Waals surface area contributed by atoms with Crippen LogP contribution >= 0.6 is 0 Å². The molecule has 692 valence electrons. The Bertz CT molecular complexity index is 6940. The number of fused-ring (bicyclic) bond motifs is 12. The molecule has 14 nitrogen and oxygen atoms in total. The predicted molar refractivity (Wildman–Crippen MR) is 554 cm³/mol. The van der Waals surface area contributed by atoms with Crippen LogP contribution in [0.15, 0.2) is 259 Å². The van der Waals surface area contributed by atoms with Gasteiger partial charge in [-0.05, 0) is 307 Å². The third kappa shape index (κ3) is 18.5. The molecular formula is C121H129N5O9. The highest BCUT2D eigenvalue weighted by Crippen LogP contribution is 2.58. The van der Waals surface area contributed by atoms with Gasteiger partial charge in [0.05, 0.1) is 67.8 Å². The fourth-order valence-corrected chi connectivity index (χ4v) is 19.6. The van der Waals surface area contributed by atoms with Gasteiger partial charge >= 0.3 is 5.97 Å². The number of rotatable bonds is 5. The number of aryl methyl sites for hydroxylation is 18. The van der Waals surface area contributed by atoms with Crippen LogP contribution in [0.5, 0.6) is 23.0 Å². The summed E-state index contributed by atoms with van der Waals surface area (Å²) < 4.78 is 48.9. The summed E-state index contributed by atoms with van der Waals surface area (Å²) >= 11 is 0. The third-order valence-corrected chi connectivity index (χ3v) is 26.4. The number of ether oxygens (including phenoxy) is 3. The molecule has 0 radical (unpaired) electrons. The van der Waals surface area contributed by atoms with Gasteiger partial charge in [-0.1, -0.05) is 240 Å². The molecule has 14 heteroatoms. The van der Waals surface area contributed by atoms with Crippen molar-refractivity contribution in [2.24, 2.45) is 0 Å². The Morgan fingerprint density at radius 1 is 0.267 bits per heavy atom. The van der Waals surface area contributed by atoms with Gasteiger partial charge in [0.1, 0.15) is 35.2 Å². The molecule has 0 saturated carbocycles. The fraction of sp³-hybridized carbons (Fsp3) is 0.298. The summed E-state index contributed by atoms with van der Waals surface area (Å²) in [6.07, 6.45) is 5.34. The van der Waals surface area contributed by atoms with Crippen molar-refractivity contribution in [3.05, 3.63) is 371 Å². The molecule has 0 spiro atoms. The van der Waals surface area contributed by atoms with Crippen molar-refractivity contribution in [3.8, 4) is 23.0 Å². The summed E-state index contributed by atoms with van der Waals surface area (Å²) in [7, 11) is 0. The van der Waals surface area contributed by atoms with Crippen molar-refractivity contribution >= 4 is 103 Å². The van der Waals surface area contributed by atoms with E-state index in [1.54, 1.807) is 12.1 Å². The van der Waals surface area contributed by atoms with Crippen LogP contribution in [-0.4, -0.2) is 5.97 Å². The lowest BCUT2D eigenvalue weighted by Gasteiger charge is -2.32. The third-order valence-electron chi connectivity index (χ3n) is 26.4. The van der Waals surface area contributed by atoms with Crippen molar-refractivity contribution in [2.75, 3.05) is 24.5 Å². The Morgan fingerprint density at radius 2 is 0.622 bits per heavy atom. The van der Waals surface area contributed by atoms with Crippen molar-refractivity contribution in [2.45, 2.75) is 240 Å². The number of carbonyl (C=O) groups is 1. The largest absolute Gasteiger partial charge is 0.483 e. The molecule has 5 aliphatic rings. The van der Waals surface area contributed by atoms with E-state index in [1.807, 2.05) is 86.3 Å². The number of hydrogen-bond acceptors (Lipinski definition) is 14. The van der Waals surface area contributed by atoms with Crippen LogP contribution in [0.4, 0.5) is 86.3 Å². The molecule has 5 aliphatic heterocycles. The monoisotopic (exact) mass is 1800 g/mol. The maximum Gasteiger partial charge on any atom is 0.345 e. The Kier molecular flexibility index (Phi) is 25.1. The van der Waals surface area contributed by atoms with Gasteiger partial charge in [-0.3, -0.25) is 24.5 Å². The average molecular weight is 1800 g/mol. The van der Waals surface area contributed by atoms with Gasteiger partial charge < -0.3 is 36.3 Å². The summed E-state index contributed by atoms with van der Waals surface area (Å²) in [6, 6.07) is 82.5. The summed E-state index contributed by atoms with van der Waals surface area (Å²) in [5.41, 5.74) is 37.0. The zero-order valence-corrected chi connectivity index (χ0v) is 83.7. The molecule has 10 heterocycles. The van der Waals surface area contributed by atoms with Crippen LogP contribution in [0.25, 0.3) is 11.0 Å². The van der Waals surface area contributed by atoms with E-state index in [0.717, 1.165) is 152 Å². The Hall–Kier alpha value is -13.9. The first-order valence-electron chi connectivity index (χ1n) is 47.6. The summed E-state index contributed by atoms with van der Waals surface area (Å²) in [4.78, 5) is 23.8. The number of benzene rings is 11. The van der Waals surface area contributed by atoms with E-state index < -0.39 is 0 Å². The van der Waals surface area contributed by atoms with Gasteiger partial charge in [0.25, 0.3) is 0 Å². The second-order valence-corrected chi connectivity index (χ2v) is 41.5. The summed E-state index contributed by atoms with van der Waals surface area (Å²) in [5, 5.41) is 1.00. The summed E-state index contributed by atoms with van der Waals surface area (Å²) in [6.45, 7) is 57.2. The van der Waals surface area contributed by atoms with E-state index in [1.165, 1.54) is 112 Å². The van der Waals surface area contributed by atoms with Crippen LogP contribution in [0.1, 0.15) is 229 Å². The molecule has 16 aromatic rings. The SMILES string of the molecule is Cc1cc2c(o1)N(c1c(C)cc(C(C)(C)C)cc1C)c1ccccc1C(=O)O2.Cc1cc2c(o1)N(c1c(C)cc(C(C)(C)C)cc1C)c1ccccc1CC2.Cc1cc2c(o1)N(c1c(C)cc(C(C)(C)C)cc1C)c1ccccc1CCC2.Cc1cc2c(o1)N(c1c(C)cc(C(C)(C)C)cc1C)c1ccccc1CO2.Cc1ccc2oc3c(c2c1)Oc1ccccc1N3c1ccccc1C. The minimum absolute atomic E-state index is 0.0518. The van der Waals surface area contributed by atoms with Crippen LogP contribution in [-0.2, 0) is 54.0 Å². The fourth-order valence-electron chi connectivity index (χ4n) is 19.6. The Morgan fingerprint density at radius 3 is 1.10 bits per heavy atom. The van der Waals surface area contributed by atoms with Crippen molar-refractivity contribution in [1.82, 2.24) is 0 Å². The van der Waals surface area contributed by atoms with E-state index in [2.05, 4.69) is 343 Å². The molecule has 0 unspecified atom stereocenters. The molecule has 0 amide bonds. The molecule has 0 aliphatic carbocycles. The normalized spacial score (nSPS) is 13.6. The highest BCUT2D eigenvalue weighted by Gasteiger charge is 2.38. The molecule has 5 aromatic heterocycles. The number of para-hydroxylation sites is 7. The molecule has 135 heavy (non-hydrogen) atoms. The molecule has 11 aromatic carbocycles. The predicted octanol–water partition coefficient (Wildman–Crippen LogP) is 34.5. The molecule has 0 bridgehead atoms.